The van der Waals surface area contributed by atoms with Gasteiger partial charge >= 0.3 is 0 Å². The number of fused-ring (bicyclic) bond motifs is 1. The summed E-state index contributed by atoms with van der Waals surface area (Å²) in [5.74, 6) is 0.944. The molecule has 122 valence electrons. The van der Waals surface area contributed by atoms with Crippen molar-refractivity contribution in [2.45, 2.75) is 26.3 Å². The van der Waals surface area contributed by atoms with Gasteiger partial charge in [-0.25, -0.2) is 9.98 Å². The summed E-state index contributed by atoms with van der Waals surface area (Å²) in [5.41, 5.74) is 3.06. The Morgan fingerprint density at radius 1 is 1.39 bits per heavy atom. The Kier molecular flexibility index (Phi) is 4.34. The summed E-state index contributed by atoms with van der Waals surface area (Å²) in [6.07, 6.45) is 2.31. The lowest BCUT2D eigenvalue weighted by Gasteiger charge is -2.06. The van der Waals surface area contributed by atoms with E-state index in [1.165, 1.54) is 0 Å². The summed E-state index contributed by atoms with van der Waals surface area (Å²) < 4.78 is 5.25. The molecule has 0 fully saturated rings. The zero-order valence-electron chi connectivity index (χ0n) is 13.3. The number of anilines is 1. The van der Waals surface area contributed by atoms with Crippen molar-refractivity contribution < 1.29 is 11.3 Å². The van der Waals surface area contributed by atoms with Crippen LogP contribution in [-0.2, 0) is 0 Å². The van der Waals surface area contributed by atoms with Gasteiger partial charge in [-0.3, -0.25) is 0 Å². The highest BCUT2D eigenvalue weighted by atomic mass is 32.1. The van der Waals surface area contributed by atoms with Crippen molar-refractivity contribution in [2.24, 2.45) is 4.99 Å². The molecule has 1 aliphatic heterocycles. The van der Waals surface area contributed by atoms with Gasteiger partial charge in [-0.1, -0.05) is 0 Å². The van der Waals surface area contributed by atoms with Gasteiger partial charge in [0.05, 0.1) is 24.2 Å². The zero-order valence-corrected chi connectivity index (χ0v) is 14.1. The maximum Gasteiger partial charge on any atom is 0.183 e. The largest absolute Gasteiger partial charge is 0.508 e. The van der Waals surface area contributed by atoms with E-state index in [4.69, 9.17) is 9.73 Å². The molecule has 5 nitrogen and oxygen atoms in total. The first-order valence-corrected chi connectivity index (χ1v) is 8.32. The number of aliphatic hydroxyl groups excluding tert-OH is 1. The van der Waals surface area contributed by atoms with Crippen LogP contribution in [0.2, 0.25) is 0 Å². The summed E-state index contributed by atoms with van der Waals surface area (Å²) in [5, 5.41) is 16.4. The molecule has 0 saturated carbocycles. The summed E-state index contributed by atoms with van der Waals surface area (Å²) in [7, 11) is 1.61. The number of rotatable bonds is 4. The summed E-state index contributed by atoms with van der Waals surface area (Å²) in [6.45, 7) is 4.15. The van der Waals surface area contributed by atoms with Crippen molar-refractivity contribution >= 4 is 33.6 Å². The number of methoxy groups -OCH3 is 1. The van der Waals surface area contributed by atoms with E-state index in [0.717, 1.165) is 16.5 Å². The highest BCUT2D eigenvalue weighted by Crippen LogP contribution is 2.33. The first kappa shape index (κ1) is 15.6. The molecular weight excluding hydrogens is 310 g/mol. The van der Waals surface area contributed by atoms with E-state index in [0.29, 0.717) is 29.5 Å². The minimum Gasteiger partial charge on any atom is -0.508 e. The van der Waals surface area contributed by atoms with Gasteiger partial charge in [-0.15, -0.1) is 11.3 Å². The second-order valence-corrected chi connectivity index (χ2v) is 6.43. The second-order valence-electron chi connectivity index (χ2n) is 5.57. The molecule has 0 aliphatic carbocycles. The van der Waals surface area contributed by atoms with Gasteiger partial charge < -0.3 is 15.2 Å². The van der Waals surface area contributed by atoms with Crippen LogP contribution in [0.3, 0.4) is 0 Å². The molecule has 6 heteroatoms. The van der Waals surface area contributed by atoms with Crippen LogP contribution in [0.5, 0.6) is 5.75 Å². The molecule has 2 aromatic rings. The summed E-state index contributed by atoms with van der Waals surface area (Å²) >= 11 is 1.56. The van der Waals surface area contributed by atoms with Crippen LogP contribution >= 0.6 is 11.3 Å². The molecule has 2 N–H and O–H groups in total. The third-order valence-electron chi connectivity index (χ3n) is 3.44. The maximum absolute atomic E-state index is 10.2. The molecule has 0 spiro atoms. The normalized spacial score (nSPS) is 13.9. The Balaban J connectivity index is 0.00000208. The number of thiazole rings is 1. The molecular formula is C17H21N3O2S. The van der Waals surface area contributed by atoms with Crippen LogP contribution in [0.25, 0.3) is 5.76 Å². The minimum atomic E-state index is 0. The van der Waals surface area contributed by atoms with Crippen molar-refractivity contribution in [3.05, 3.63) is 40.9 Å². The Morgan fingerprint density at radius 3 is 2.96 bits per heavy atom. The maximum atomic E-state index is 10.2. The average Bonchev–Trinajstić information content (AvgIpc) is 2.91. The predicted octanol–water partition coefficient (Wildman–Crippen LogP) is 4.64. The van der Waals surface area contributed by atoms with Gasteiger partial charge in [0.15, 0.2) is 5.13 Å². The Morgan fingerprint density at radius 2 is 2.22 bits per heavy atom. The highest BCUT2D eigenvalue weighted by Gasteiger charge is 2.16. The third-order valence-corrected chi connectivity index (χ3v) is 4.21. The number of aliphatic hydroxyl groups is 1. The summed E-state index contributed by atoms with van der Waals surface area (Å²) in [4.78, 5) is 9.29. The lowest BCUT2D eigenvalue weighted by Crippen LogP contribution is -2.09. The van der Waals surface area contributed by atoms with Gasteiger partial charge in [0.25, 0.3) is 0 Å². The van der Waals surface area contributed by atoms with Crippen molar-refractivity contribution in [2.75, 3.05) is 12.4 Å². The fourth-order valence-electron chi connectivity index (χ4n) is 2.32. The first-order valence-electron chi connectivity index (χ1n) is 7.44. The molecule has 0 amide bonds. The van der Waals surface area contributed by atoms with Crippen molar-refractivity contribution in [1.82, 2.24) is 4.98 Å². The Hall–Kier alpha value is -2.34. The number of benzene rings is 1. The van der Waals surface area contributed by atoms with Crippen LogP contribution < -0.4 is 10.1 Å². The monoisotopic (exact) mass is 331 g/mol. The molecule has 0 bridgehead atoms. The van der Waals surface area contributed by atoms with E-state index in [2.05, 4.69) is 24.1 Å². The number of aliphatic imine (C=N–C) groups is 1. The molecule has 2 heterocycles. The minimum absolute atomic E-state index is 0. The highest BCUT2D eigenvalue weighted by molar-refractivity contribution is 7.13. The first-order chi connectivity index (χ1) is 11.1. The van der Waals surface area contributed by atoms with Crippen LogP contribution in [0, 0.1) is 0 Å². The standard InChI is InChI=1S/C17H19N3O2S.H2/c1-10(2)18-17-20-15(9-23-17)13-6-7-16(21)12-5-4-11(22-3)8-14(12)19-13;/h4-5,7-10,21H,6H2,1-3H3,(H,18,20);1H. The molecule has 0 atom stereocenters. The predicted molar refractivity (Wildman–Crippen MR) is 97.4 cm³/mol. The van der Waals surface area contributed by atoms with E-state index < -0.39 is 0 Å². The number of nitrogens with one attached hydrogen (secondary N) is 1. The van der Waals surface area contributed by atoms with Gasteiger partial charge in [-0.2, -0.15) is 0 Å². The molecule has 0 radical (unpaired) electrons. The molecule has 0 saturated heterocycles. The van der Waals surface area contributed by atoms with Gasteiger partial charge in [0.1, 0.15) is 11.5 Å². The van der Waals surface area contributed by atoms with E-state index in [1.54, 1.807) is 24.5 Å². The number of ether oxygens (including phenoxy) is 1. The van der Waals surface area contributed by atoms with Gasteiger partial charge in [-0.05, 0) is 32.1 Å². The number of hydrogen-bond donors (Lipinski definition) is 2. The second kappa shape index (κ2) is 6.42. The van der Waals surface area contributed by atoms with Gasteiger partial charge in [0.2, 0.25) is 0 Å². The number of hydrogen-bond acceptors (Lipinski definition) is 6. The van der Waals surface area contributed by atoms with Crippen LogP contribution in [0.4, 0.5) is 10.8 Å². The van der Waals surface area contributed by atoms with Crippen LogP contribution in [-0.4, -0.2) is 29.0 Å². The fraction of sp³-hybridized carbons (Fsp3) is 0.294. The lowest BCUT2D eigenvalue weighted by molar-refractivity contribution is 0.415. The SMILES string of the molecule is COc1ccc2c(c1)N=C(c1csc(NC(C)C)n1)CC=C2O.[HH]. The Labute approximate surface area is 140 Å². The van der Waals surface area contributed by atoms with E-state index in [-0.39, 0.29) is 7.19 Å². The van der Waals surface area contributed by atoms with Gasteiger partial charge in [0, 0.05) is 30.9 Å². The fourth-order valence-corrected chi connectivity index (χ4v) is 3.19. The Bertz CT molecular complexity index is 784. The van der Waals surface area contributed by atoms with E-state index in [1.807, 2.05) is 23.6 Å². The quantitative estimate of drug-likeness (QED) is 0.856. The van der Waals surface area contributed by atoms with E-state index in [9.17, 15) is 5.11 Å². The third kappa shape index (κ3) is 3.37. The molecule has 3 rings (SSSR count). The zero-order chi connectivity index (χ0) is 16.4. The molecule has 23 heavy (non-hydrogen) atoms. The summed E-state index contributed by atoms with van der Waals surface area (Å²) in [6, 6.07) is 5.79. The van der Waals surface area contributed by atoms with Crippen LogP contribution in [0.1, 0.15) is 33.0 Å². The molecule has 1 aromatic carbocycles. The van der Waals surface area contributed by atoms with Crippen LogP contribution in [0.15, 0.2) is 34.6 Å². The van der Waals surface area contributed by atoms with Crippen molar-refractivity contribution in [1.29, 1.82) is 0 Å². The lowest BCUT2D eigenvalue weighted by atomic mass is 10.1. The number of nitrogens with zero attached hydrogens (tertiary/aromatic N) is 2. The molecule has 0 unspecified atom stereocenters. The number of allylic oxidation sites excluding steroid dienone is 1. The topological polar surface area (TPSA) is 66.7 Å². The molecule has 1 aliphatic rings. The average molecular weight is 331 g/mol. The smallest absolute Gasteiger partial charge is 0.183 e. The van der Waals surface area contributed by atoms with Crippen molar-refractivity contribution in [3.63, 3.8) is 0 Å². The molecule has 1 aromatic heterocycles. The van der Waals surface area contributed by atoms with E-state index >= 15 is 0 Å². The number of aromatic nitrogens is 1. The van der Waals surface area contributed by atoms with Crippen molar-refractivity contribution in [3.8, 4) is 5.75 Å².